The quantitative estimate of drug-likeness (QED) is 0.618. The summed E-state index contributed by atoms with van der Waals surface area (Å²) in [4.78, 5) is 20.6. The molecule has 0 saturated heterocycles. The Morgan fingerprint density at radius 3 is 2.75 bits per heavy atom. The summed E-state index contributed by atoms with van der Waals surface area (Å²) in [5.41, 5.74) is 1.40. The Hall–Kier alpha value is -2.22. The fourth-order valence-corrected chi connectivity index (χ4v) is 4.34. The van der Waals surface area contributed by atoms with Crippen LogP contribution < -0.4 is 5.32 Å². The van der Waals surface area contributed by atoms with Gasteiger partial charge in [-0.25, -0.2) is 9.37 Å². The molecule has 6 nitrogen and oxygen atoms in total. The van der Waals surface area contributed by atoms with Crippen molar-refractivity contribution in [3.05, 3.63) is 46.2 Å². The van der Waals surface area contributed by atoms with E-state index >= 15 is 0 Å². The Balaban J connectivity index is 1.69. The van der Waals surface area contributed by atoms with Crippen LogP contribution in [0.25, 0.3) is 11.0 Å². The first kappa shape index (κ1) is 19.1. The molecule has 4 rings (SSSR count). The maximum absolute atomic E-state index is 14.5. The number of H-pyrrole nitrogens is 1. The number of hydrogen-bond donors (Lipinski definition) is 2. The molecule has 2 N–H and O–H groups in total. The average Bonchev–Trinajstić information content (AvgIpc) is 3.30. The Morgan fingerprint density at radius 1 is 1.32 bits per heavy atom. The monoisotopic (exact) mass is 447 g/mol. The number of fused-ring (bicyclic) bond motifs is 1. The predicted octanol–water partition coefficient (Wildman–Crippen LogP) is 4.50. The molecule has 8 heteroatoms. The molecule has 0 aliphatic heterocycles. The maximum atomic E-state index is 14.5. The van der Waals surface area contributed by atoms with Crippen LogP contribution >= 0.6 is 15.9 Å². The third kappa shape index (κ3) is 3.57. The zero-order valence-corrected chi connectivity index (χ0v) is 17.5. The van der Waals surface area contributed by atoms with Crippen molar-refractivity contribution < 1.29 is 9.18 Å². The van der Waals surface area contributed by atoms with E-state index in [4.69, 9.17) is 0 Å². The second-order valence-corrected chi connectivity index (χ2v) is 8.55. The number of hydrogen-bond acceptors (Lipinski definition) is 3. The van der Waals surface area contributed by atoms with Gasteiger partial charge >= 0.3 is 0 Å². The highest BCUT2D eigenvalue weighted by Crippen LogP contribution is 2.37. The summed E-state index contributed by atoms with van der Waals surface area (Å²) < 4.78 is 16.4. The molecule has 1 aliphatic carbocycles. The number of aryl methyl sites for hydroxylation is 1. The summed E-state index contributed by atoms with van der Waals surface area (Å²) in [5, 5.41) is 7.20. The van der Waals surface area contributed by atoms with E-state index in [1.54, 1.807) is 36.1 Å². The normalized spacial score (nSPS) is 21.0. The van der Waals surface area contributed by atoms with E-state index in [0.717, 1.165) is 25.7 Å². The zero-order valence-electron chi connectivity index (χ0n) is 15.9. The van der Waals surface area contributed by atoms with Crippen LogP contribution in [0.3, 0.4) is 0 Å². The van der Waals surface area contributed by atoms with Crippen LogP contribution in [0, 0.1) is 17.7 Å². The number of imidazole rings is 1. The third-order valence-electron chi connectivity index (χ3n) is 5.73. The van der Waals surface area contributed by atoms with Crippen LogP contribution in [0.5, 0.6) is 0 Å². The van der Waals surface area contributed by atoms with E-state index in [1.165, 1.54) is 0 Å². The van der Waals surface area contributed by atoms with E-state index < -0.39 is 5.82 Å². The topological polar surface area (TPSA) is 75.6 Å². The molecule has 1 fully saturated rings. The maximum Gasteiger partial charge on any atom is 0.270 e. The SMILES string of the molecule is CC1CCC([C@H](NC(=O)c2ccnn2C)c2nc3c(F)c(Br)ccc3[nH]2)CC1. The van der Waals surface area contributed by atoms with Gasteiger partial charge in [0.05, 0.1) is 16.0 Å². The Labute approximate surface area is 171 Å². The molecule has 148 valence electrons. The molecular weight excluding hydrogens is 425 g/mol. The van der Waals surface area contributed by atoms with Gasteiger partial charge < -0.3 is 10.3 Å². The van der Waals surface area contributed by atoms with Gasteiger partial charge in [0.15, 0.2) is 5.82 Å². The average molecular weight is 448 g/mol. The molecule has 0 spiro atoms. The van der Waals surface area contributed by atoms with Crippen molar-refractivity contribution in [1.82, 2.24) is 25.1 Å². The minimum absolute atomic E-state index is 0.203. The standard InChI is InChI=1S/C20H23BrFN5O/c1-11-3-5-12(6-4-11)17(26-20(28)15-9-10-23-27(15)2)19-24-14-8-7-13(21)16(22)18(14)25-19/h7-12,17H,3-6H2,1-2H3,(H,24,25)(H,26,28)/t11?,12?,17-/m0/s1. The molecule has 0 unspecified atom stereocenters. The number of carbonyl (C=O) groups is 1. The molecule has 1 saturated carbocycles. The summed E-state index contributed by atoms with van der Waals surface area (Å²) in [7, 11) is 1.74. The second-order valence-electron chi connectivity index (χ2n) is 7.69. The smallest absolute Gasteiger partial charge is 0.270 e. The van der Waals surface area contributed by atoms with Gasteiger partial charge in [0.25, 0.3) is 5.91 Å². The number of rotatable bonds is 4. The molecule has 0 bridgehead atoms. The lowest BCUT2D eigenvalue weighted by Gasteiger charge is -2.32. The van der Waals surface area contributed by atoms with E-state index in [0.29, 0.717) is 27.4 Å². The number of aromatic amines is 1. The molecule has 2 heterocycles. The number of amides is 1. The summed E-state index contributed by atoms with van der Waals surface area (Å²) in [6.07, 6.45) is 5.83. The summed E-state index contributed by atoms with van der Waals surface area (Å²) in [6, 6.07) is 4.83. The number of aromatic nitrogens is 4. The molecule has 28 heavy (non-hydrogen) atoms. The van der Waals surface area contributed by atoms with Crippen LogP contribution in [0.15, 0.2) is 28.9 Å². The van der Waals surface area contributed by atoms with E-state index in [1.807, 2.05) is 0 Å². The Morgan fingerprint density at radius 2 is 2.07 bits per heavy atom. The zero-order chi connectivity index (χ0) is 19.8. The molecule has 3 aromatic rings. The van der Waals surface area contributed by atoms with Crippen LogP contribution in [0.1, 0.15) is 55.0 Å². The van der Waals surface area contributed by atoms with Crippen LogP contribution in [-0.2, 0) is 7.05 Å². The lowest BCUT2D eigenvalue weighted by Crippen LogP contribution is -2.36. The van der Waals surface area contributed by atoms with Crippen LogP contribution in [-0.4, -0.2) is 25.7 Å². The molecule has 0 radical (unpaired) electrons. The first-order valence-corrected chi connectivity index (χ1v) is 10.4. The number of carbonyl (C=O) groups excluding carboxylic acids is 1. The summed E-state index contributed by atoms with van der Waals surface area (Å²) >= 11 is 3.21. The first-order chi connectivity index (χ1) is 13.4. The molecule has 2 aromatic heterocycles. The van der Waals surface area contributed by atoms with Crippen LogP contribution in [0.4, 0.5) is 4.39 Å². The lowest BCUT2D eigenvalue weighted by atomic mass is 9.79. The number of nitrogens with zero attached hydrogens (tertiary/aromatic N) is 3. The summed E-state index contributed by atoms with van der Waals surface area (Å²) in [5.74, 6) is 0.941. The Kier molecular flexibility index (Phi) is 5.23. The van der Waals surface area contributed by atoms with Crippen molar-refractivity contribution in [3.8, 4) is 0 Å². The number of halogens is 2. The number of nitrogens with one attached hydrogen (secondary N) is 2. The highest BCUT2D eigenvalue weighted by Gasteiger charge is 2.31. The van der Waals surface area contributed by atoms with Crippen molar-refractivity contribution >= 4 is 32.9 Å². The van der Waals surface area contributed by atoms with Gasteiger partial charge in [-0.15, -0.1) is 0 Å². The van der Waals surface area contributed by atoms with Crippen molar-refractivity contribution in [2.45, 2.75) is 38.6 Å². The fraction of sp³-hybridized carbons (Fsp3) is 0.450. The third-order valence-corrected chi connectivity index (χ3v) is 6.34. The van der Waals surface area contributed by atoms with Gasteiger partial charge in [0.2, 0.25) is 0 Å². The molecule has 1 amide bonds. The largest absolute Gasteiger partial charge is 0.340 e. The molecule has 1 aliphatic rings. The predicted molar refractivity (Wildman–Crippen MR) is 108 cm³/mol. The van der Waals surface area contributed by atoms with Crippen molar-refractivity contribution in [3.63, 3.8) is 0 Å². The van der Waals surface area contributed by atoms with Gasteiger partial charge in [-0.3, -0.25) is 9.48 Å². The minimum Gasteiger partial charge on any atom is -0.340 e. The van der Waals surface area contributed by atoms with Gasteiger partial charge in [-0.05, 0) is 58.8 Å². The van der Waals surface area contributed by atoms with E-state index in [9.17, 15) is 9.18 Å². The summed E-state index contributed by atoms with van der Waals surface area (Å²) in [6.45, 7) is 2.26. The van der Waals surface area contributed by atoms with Gasteiger partial charge in [0, 0.05) is 13.2 Å². The van der Waals surface area contributed by atoms with Gasteiger partial charge in [-0.2, -0.15) is 5.10 Å². The lowest BCUT2D eigenvalue weighted by molar-refractivity contribution is 0.0895. The van der Waals surface area contributed by atoms with Crippen molar-refractivity contribution in [1.29, 1.82) is 0 Å². The highest BCUT2D eigenvalue weighted by atomic mass is 79.9. The molecular formula is C20H23BrFN5O. The molecule has 1 atom stereocenters. The van der Waals surface area contributed by atoms with Crippen molar-refractivity contribution in [2.24, 2.45) is 18.9 Å². The van der Waals surface area contributed by atoms with Gasteiger partial charge in [-0.1, -0.05) is 19.8 Å². The molecule has 1 aromatic carbocycles. The Bertz CT molecular complexity index is 1010. The second kappa shape index (κ2) is 7.66. The highest BCUT2D eigenvalue weighted by molar-refractivity contribution is 9.10. The number of benzene rings is 1. The minimum atomic E-state index is -0.394. The van der Waals surface area contributed by atoms with Crippen molar-refractivity contribution in [2.75, 3.05) is 0 Å². The van der Waals surface area contributed by atoms with E-state index in [2.05, 4.69) is 43.2 Å². The fourth-order valence-electron chi connectivity index (χ4n) is 4.02. The first-order valence-electron chi connectivity index (χ1n) is 9.56. The van der Waals surface area contributed by atoms with Gasteiger partial charge in [0.1, 0.15) is 17.0 Å². The van der Waals surface area contributed by atoms with Crippen LogP contribution in [0.2, 0.25) is 0 Å². The van der Waals surface area contributed by atoms with E-state index in [-0.39, 0.29) is 23.4 Å².